The van der Waals surface area contributed by atoms with Crippen LogP contribution in [-0.4, -0.2) is 47.5 Å². The van der Waals surface area contributed by atoms with Gasteiger partial charge in [0.25, 0.3) is 0 Å². The molecule has 0 N–H and O–H groups in total. The summed E-state index contributed by atoms with van der Waals surface area (Å²) in [5, 5.41) is 0. The van der Waals surface area contributed by atoms with Gasteiger partial charge >= 0.3 is 0 Å². The first-order valence-corrected chi connectivity index (χ1v) is 8.25. The van der Waals surface area contributed by atoms with Gasteiger partial charge in [-0.05, 0) is 30.9 Å². The van der Waals surface area contributed by atoms with Crippen molar-refractivity contribution in [3.63, 3.8) is 0 Å². The zero-order chi connectivity index (χ0) is 13.6. The first kappa shape index (κ1) is 14.0. The van der Waals surface area contributed by atoms with Crippen LogP contribution >= 0.6 is 0 Å². The van der Waals surface area contributed by atoms with Gasteiger partial charge in [0, 0.05) is 45.5 Å². The monoisotopic (exact) mass is 273 g/mol. The van der Waals surface area contributed by atoms with Crippen LogP contribution in [0.15, 0.2) is 24.4 Å². The van der Waals surface area contributed by atoms with Crippen molar-refractivity contribution in [2.75, 3.05) is 32.7 Å². The van der Waals surface area contributed by atoms with Crippen molar-refractivity contribution in [2.24, 2.45) is 5.92 Å². The number of pyridine rings is 1. The Bertz CT molecular complexity index is 378. The number of hydrogen-bond acceptors (Lipinski definition) is 3. The Balaban J connectivity index is 1.40. The average Bonchev–Trinajstić information content (AvgIpc) is 2.51. The summed E-state index contributed by atoms with van der Waals surface area (Å²) in [7, 11) is 0. The van der Waals surface area contributed by atoms with Gasteiger partial charge in [-0.1, -0.05) is 25.3 Å². The second-order valence-electron chi connectivity index (χ2n) is 6.40. The zero-order valence-corrected chi connectivity index (χ0v) is 12.5. The highest BCUT2D eigenvalue weighted by molar-refractivity contribution is 5.03. The van der Waals surface area contributed by atoms with Crippen LogP contribution in [0.2, 0.25) is 0 Å². The van der Waals surface area contributed by atoms with Crippen molar-refractivity contribution < 1.29 is 0 Å². The first-order valence-electron chi connectivity index (χ1n) is 8.25. The fourth-order valence-electron chi connectivity index (χ4n) is 3.59. The molecule has 0 atom stereocenters. The van der Waals surface area contributed by atoms with E-state index in [2.05, 4.69) is 26.9 Å². The Hall–Kier alpha value is -0.930. The zero-order valence-electron chi connectivity index (χ0n) is 12.5. The van der Waals surface area contributed by atoms with Crippen LogP contribution in [0.4, 0.5) is 0 Å². The first-order chi connectivity index (χ1) is 9.90. The summed E-state index contributed by atoms with van der Waals surface area (Å²) in [5.74, 6) is 0.978. The molecule has 3 heteroatoms. The summed E-state index contributed by atoms with van der Waals surface area (Å²) in [6, 6.07) is 6.21. The molecule has 0 amide bonds. The molecule has 0 bridgehead atoms. The van der Waals surface area contributed by atoms with Crippen LogP contribution < -0.4 is 0 Å². The number of aromatic nitrogens is 1. The molecule has 1 saturated carbocycles. The summed E-state index contributed by atoms with van der Waals surface area (Å²) in [6.45, 7) is 7.23. The molecule has 1 aromatic heterocycles. The maximum absolute atomic E-state index is 4.43. The third-order valence-electron chi connectivity index (χ3n) is 4.82. The Kier molecular flexibility index (Phi) is 5.04. The van der Waals surface area contributed by atoms with Crippen LogP contribution in [0.3, 0.4) is 0 Å². The van der Waals surface area contributed by atoms with Gasteiger partial charge in [-0.15, -0.1) is 0 Å². The molecule has 1 aliphatic heterocycles. The second kappa shape index (κ2) is 7.19. The molecule has 3 rings (SSSR count). The molecule has 0 unspecified atom stereocenters. The molecule has 1 saturated heterocycles. The van der Waals surface area contributed by atoms with E-state index in [-0.39, 0.29) is 0 Å². The fraction of sp³-hybridized carbons (Fsp3) is 0.706. The Morgan fingerprint density at radius 1 is 0.950 bits per heavy atom. The molecule has 0 aromatic carbocycles. The van der Waals surface area contributed by atoms with E-state index in [1.807, 2.05) is 12.3 Å². The predicted molar refractivity (Wildman–Crippen MR) is 82.5 cm³/mol. The van der Waals surface area contributed by atoms with Gasteiger partial charge in [0.2, 0.25) is 0 Å². The highest BCUT2D eigenvalue weighted by Gasteiger charge is 2.21. The summed E-state index contributed by atoms with van der Waals surface area (Å²) in [6.07, 6.45) is 9.22. The second-order valence-corrected chi connectivity index (χ2v) is 6.40. The van der Waals surface area contributed by atoms with E-state index < -0.39 is 0 Å². The quantitative estimate of drug-likeness (QED) is 0.841. The largest absolute Gasteiger partial charge is 0.301 e. The summed E-state index contributed by atoms with van der Waals surface area (Å²) < 4.78 is 0. The van der Waals surface area contributed by atoms with Gasteiger partial charge in [0.05, 0.1) is 5.69 Å². The lowest BCUT2D eigenvalue weighted by atomic mass is 9.89. The summed E-state index contributed by atoms with van der Waals surface area (Å²) in [4.78, 5) is 9.66. The Labute approximate surface area is 123 Å². The van der Waals surface area contributed by atoms with Crippen molar-refractivity contribution in [3.8, 4) is 0 Å². The SMILES string of the molecule is c1ccc(CN2CCN(CC3CCCCC3)CC2)nc1. The number of nitrogens with zero attached hydrogens (tertiary/aromatic N) is 3. The molecule has 0 spiro atoms. The van der Waals surface area contributed by atoms with Crippen LogP contribution in [0.5, 0.6) is 0 Å². The van der Waals surface area contributed by atoms with Crippen molar-refractivity contribution in [1.29, 1.82) is 0 Å². The lowest BCUT2D eigenvalue weighted by Gasteiger charge is -2.37. The fourth-order valence-corrected chi connectivity index (χ4v) is 3.59. The molecule has 0 radical (unpaired) electrons. The van der Waals surface area contributed by atoms with E-state index in [1.165, 1.54) is 70.5 Å². The number of rotatable bonds is 4. The van der Waals surface area contributed by atoms with E-state index in [9.17, 15) is 0 Å². The minimum absolute atomic E-state index is 0.978. The van der Waals surface area contributed by atoms with Crippen LogP contribution in [0.1, 0.15) is 37.8 Å². The van der Waals surface area contributed by atoms with Gasteiger partial charge in [0.1, 0.15) is 0 Å². The van der Waals surface area contributed by atoms with E-state index in [0.29, 0.717) is 0 Å². The molecule has 1 aromatic rings. The minimum Gasteiger partial charge on any atom is -0.301 e. The van der Waals surface area contributed by atoms with E-state index in [1.54, 1.807) is 0 Å². The van der Waals surface area contributed by atoms with E-state index in [4.69, 9.17) is 0 Å². The Morgan fingerprint density at radius 3 is 2.40 bits per heavy atom. The van der Waals surface area contributed by atoms with Gasteiger partial charge in [-0.3, -0.25) is 9.88 Å². The van der Waals surface area contributed by atoms with Crippen molar-refractivity contribution >= 4 is 0 Å². The topological polar surface area (TPSA) is 19.4 Å². The van der Waals surface area contributed by atoms with Crippen molar-refractivity contribution in [2.45, 2.75) is 38.6 Å². The Morgan fingerprint density at radius 2 is 1.70 bits per heavy atom. The van der Waals surface area contributed by atoms with Crippen LogP contribution in [0, 0.1) is 5.92 Å². The van der Waals surface area contributed by atoms with Gasteiger partial charge in [-0.25, -0.2) is 0 Å². The molecule has 1 aliphatic carbocycles. The van der Waals surface area contributed by atoms with Crippen molar-refractivity contribution in [3.05, 3.63) is 30.1 Å². The van der Waals surface area contributed by atoms with Crippen molar-refractivity contribution in [1.82, 2.24) is 14.8 Å². The molecule has 2 heterocycles. The van der Waals surface area contributed by atoms with Crippen LogP contribution in [0.25, 0.3) is 0 Å². The molecule has 3 nitrogen and oxygen atoms in total. The smallest absolute Gasteiger partial charge is 0.0543 e. The number of hydrogen-bond donors (Lipinski definition) is 0. The molecular formula is C17H27N3. The minimum atomic E-state index is 0.978. The highest BCUT2D eigenvalue weighted by atomic mass is 15.3. The maximum atomic E-state index is 4.43. The molecule has 110 valence electrons. The molecule has 2 aliphatic rings. The number of piperazine rings is 1. The average molecular weight is 273 g/mol. The lowest BCUT2D eigenvalue weighted by Crippen LogP contribution is -2.47. The maximum Gasteiger partial charge on any atom is 0.0543 e. The molecule has 2 fully saturated rings. The van der Waals surface area contributed by atoms with Gasteiger partial charge in [0.15, 0.2) is 0 Å². The summed E-state index contributed by atoms with van der Waals surface area (Å²) in [5.41, 5.74) is 1.20. The third kappa shape index (κ3) is 4.03. The predicted octanol–water partition coefficient (Wildman–Crippen LogP) is 2.78. The molecule has 20 heavy (non-hydrogen) atoms. The highest BCUT2D eigenvalue weighted by Crippen LogP contribution is 2.24. The van der Waals surface area contributed by atoms with E-state index in [0.717, 1.165) is 12.5 Å². The van der Waals surface area contributed by atoms with Gasteiger partial charge in [-0.2, -0.15) is 0 Å². The van der Waals surface area contributed by atoms with Crippen LogP contribution in [-0.2, 0) is 6.54 Å². The summed E-state index contributed by atoms with van der Waals surface area (Å²) >= 11 is 0. The standard InChI is InChI=1S/C17H27N3/c1-2-6-16(7-3-1)14-19-10-12-20(13-11-19)15-17-8-4-5-9-18-17/h4-5,8-9,16H,1-3,6-7,10-15H2. The lowest BCUT2D eigenvalue weighted by molar-refractivity contribution is 0.104. The van der Waals surface area contributed by atoms with Gasteiger partial charge < -0.3 is 4.90 Å². The third-order valence-corrected chi connectivity index (χ3v) is 4.82. The molecular weight excluding hydrogens is 246 g/mol. The van der Waals surface area contributed by atoms with E-state index >= 15 is 0 Å². The normalized spacial score (nSPS) is 23.0.